The Morgan fingerprint density at radius 1 is 1.50 bits per heavy atom. The Kier molecular flexibility index (Phi) is 4.74. The molecule has 2 aromatic rings. The Hall–Kier alpha value is -1.44. The van der Waals surface area contributed by atoms with Crippen molar-refractivity contribution in [2.45, 2.75) is 19.5 Å². The van der Waals surface area contributed by atoms with Gasteiger partial charge in [0.05, 0.1) is 36.6 Å². The quantitative estimate of drug-likeness (QED) is 0.869. The topological polar surface area (TPSA) is 69.2 Å². The minimum atomic E-state index is -0.320. The van der Waals surface area contributed by atoms with Gasteiger partial charge in [-0.05, 0) is 21.0 Å². The summed E-state index contributed by atoms with van der Waals surface area (Å²) in [6, 6.07) is -0.320. The number of methoxy groups -OCH3 is 1. The van der Waals surface area contributed by atoms with Crippen LogP contribution in [-0.4, -0.2) is 47.4 Å². The molecule has 2 N–H and O–H groups in total. The smallest absolute Gasteiger partial charge is 0.161 e. The molecule has 7 heteroatoms. The number of aryl methyl sites for hydroxylation is 1. The zero-order chi connectivity index (χ0) is 14.7. The van der Waals surface area contributed by atoms with E-state index in [1.165, 1.54) is 0 Å². The molecule has 20 heavy (non-hydrogen) atoms. The molecule has 0 fully saturated rings. The summed E-state index contributed by atoms with van der Waals surface area (Å²) in [5.41, 5.74) is 8.08. The van der Waals surface area contributed by atoms with E-state index in [0.29, 0.717) is 5.75 Å². The molecule has 2 aromatic heterocycles. The molecule has 0 saturated heterocycles. The van der Waals surface area contributed by atoms with E-state index in [1.54, 1.807) is 24.6 Å². The van der Waals surface area contributed by atoms with Crippen LogP contribution in [0, 0.1) is 6.92 Å². The largest absolute Gasteiger partial charge is 0.493 e. The minimum absolute atomic E-state index is 0.320. The summed E-state index contributed by atoms with van der Waals surface area (Å²) in [7, 11) is 5.70. The highest BCUT2D eigenvalue weighted by molar-refractivity contribution is 7.09. The predicted octanol–water partition coefficient (Wildman–Crippen LogP) is 1.27. The van der Waals surface area contributed by atoms with Crippen LogP contribution in [-0.2, 0) is 6.54 Å². The van der Waals surface area contributed by atoms with Crippen molar-refractivity contribution >= 4 is 11.3 Å². The second kappa shape index (κ2) is 6.34. The van der Waals surface area contributed by atoms with Crippen LogP contribution in [0.4, 0.5) is 0 Å². The SMILES string of the molecule is COc1cnn(CCN(C)C)c1C(N)c1csc(C)n1. The van der Waals surface area contributed by atoms with E-state index in [4.69, 9.17) is 10.5 Å². The molecule has 0 aromatic carbocycles. The van der Waals surface area contributed by atoms with E-state index in [2.05, 4.69) is 15.0 Å². The summed E-state index contributed by atoms with van der Waals surface area (Å²) in [5, 5.41) is 7.37. The van der Waals surface area contributed by atoms with Gasteiger partial charge in [-0.2, -0.15) is 5.10 Å². The Morgan fingerprint density at radius 3 is 2.80 bits per heavy atom. The number of hydrogen-bond acceptors (Lipinski definition) is 6. The zero-order valence-electron chi connectivity index (χ0n) is 12.3. The second-order valence-corrected chi connectivity index (χ2v) is 5.96. The van der Waals surface area contributed by atoms with E-state index < -0.39 is 0 Å². The Bertz CT molecular complexity index is 563. The maximum atomic E-state index is 6.35. The molecule has 1 unspecified atom stereocenters. The van der Waals surface area contributed by atoms with Gasteiger partial charge >= 0.3 is 0 Å². The summed E-state index contributed by atoms with van der Waals surface area (Å²) < 4.78 is 7.28. The lowest BCUT2D eigenvalue weighted by Crippen LogP contribution is -2.23. The number of aromatic nitrogens is 3. The number of hydrogen-bond donors (Lipinski definition) is 1. The van der Waals surface area contributed by atoms with Crippen molar-refractivity contribution in [3.05, 3.63) is 28.0 Å². The van der Waals surface area contributed by atoms with Crippen LogP contribution in [0.2, 0.25) is 0 Å². The molecule has 1 atom stereocenters. The fraction of sp³-hybridized carbons (Fsp3) is 0.538. The van der Waals surface area contributed by atoms with Gasteiger partial charge in [-0.3, -0.25) is 4.68 Å². The van der Waals surface area contributed by atoms with Gasteiger partial charge in [0.25, 0.3) is 0 Å². The van der Waals surface area contributed by atoms with E-state index >= 15 is 0 Å². The highest BCUT2D eigenvalue weighted by atomic mass is 32.1. The third kappa shape index (κ3) is 3.17. The van der Waals surface area contributed by atoms with Crippen LogP contribution in [0.25, 0.3) is 0 Å². The van der Waals surface area contributed by atoms with Crippen molar-refractivity contribution in [1.29, 1.82) is 0 Å². The molecular weight excluding hydrogens is 274 g/mol. The average Bonchev–Trinajstić information content (AvgIpc) is 3.01. The van der Waals surface area contributed by atoms with Crippen LogP contribution in [0.5, 0.6) is 5.75 Å². The predicted molar refractivity (Wildman–Crippen MR) is 80.2 cm³/mol. The summed E-state index contributed by atoms with van der Waals surface area (Å²) in [4.78, 5) is 6.57. The van der Waals surface area contributed by atoms with Gasteiger partial charge in [-0.15, -0.1) is 11.3 Å². The van der Waals surface area contributed by atoms with E-state index in [1.807, 2.05) is 31.1 Å². The second-order valence-electron chi connectivity index (χ2n) is 4.89. The van der Waals surface area contributed by atoms with Gasteiger partial charge in [0.2, 0.25) is 0 Å². The van der Waals surface area contributed by atoms with Gasteiger partial charge in [-0.25, -0.2) is 4.98 Å². The van der Waals surface area contributed by atoms with Crippen LogP contribution >= 0.6 is 11.3 Å². The molecule has 0 bridgehead atoms. The van der Waals surface area contributed by atoms with Crippen molar-refractivity contribution in [2.24, 2.45) is 5.73 Å². The normalized spacial score (nSPS) is 12.9. The molecular formula is C13H21N5OS. The number of ether oxygens (including phenoxy) is 1. The van der Waals surface area contributed by atoms with Crippen LogP contribution in [0.3, 0.4) is 0 Å². The van der Waals surface area contributed by atoms with E-state index in [9.17, 15) is 0 Å². The standard InChI is InChI=1S/C13H21N5OS/c1-9-16-10(8-20-9)12(14)13-11(19-4)7-15-18(13)6-5-17(2)3/h7-8,12H,5-6,14H2,1-4H3. The number of likely N-dealkylation sites (N-methyl/N-ethyl adjacent to an activating group) is 1. The van der Waals surface area contributed by atoms with Crippen LogP contribution < -0.4 is 10.5 Å². The first-order valence-corrected chi connectivity index (χ1v) is 7.33. The maximum Gasteiger partial charge on any atom is 0.161 e. The highest BCUT2D eigenvalue weighted by Gasteiger charge is 2.22. The molecule has 0 amide bonds. The van der Waals surface area contributed by atoms with Crippen molar-refractivity contribution in [2.75, 3.05) is 27.7 Å². The van der Waals surface area contributed by atoms with Gasteiger partial charge in [-0.1, -0.05) is 0 Å². The molecule has 0 aliphatic heterocycles. The van der Waals surface area contributed by atoms with Gasteiger partial charge in [0, 0.05) is 11.9 Å². The molecule has 2 heterocycles. The molecule has 0 saturated carbocycles. The molecule has 0 spiro atoms. The van der Waals surface area contributed by atoms with Crippen LogP contribution in [0.15, 0.2) is 11.6 Å². The van der Waals surface area contributed by atoms with Crippen molar-refractivity contribution in [3.63, 3.8) is 0 Å². The third-order valence-electron chi connectivity index (χ3n) is 3.07. The number of thiazole rings is 1. The summed E-state index contributed by atoms with van der Waals surface area (Å²) in [6.45, 7) is 3.63. The molecule has 2 rings (SSSR count). The number of rotatable bonds is 6. The Balaban J connectivity index is 2.30. The van der Waals surface area contributed by atoms with E-state index in [0.717, 1.165) is 29.5 Å². The zero-order valence-corrected chi connectivity index (χ0v) is 13.1. The lowest BCUT2D eigenvalue weighted by molar-refractivity contribution is 0.363. The summed E-state index contributed by atoms with van der Waals surface area (Å²) >= 11 is 1.60. The summed E-state index contributed by atoms with van der Waals surface area (Å²) in [6.07, 6.45) is 1.71. The van der Waals surface area contributed by atoms with Crippen molar-refractivity contribution in [3.8, 4) is 5.75 Å². The fourth-order valence-electron chi connectivity index (χ4n) is 1.98. The lowest BCUT2D eigenvalue weighted by Gasteiger charge is -2.16. The molecule has 0 radical (unpaired) electrons. The maximum absolute atomic E-state index is 6.35. The van der Waals surface area contributed by atoms with Crippen LogP contribution in [0.1, 0.15) is 22.4 Å². The average molecular weight is 295 g/mol. The Labute approximate surface area is 123 Å². The minimum Gasteiger partial charge on any atom is -0.493 e. The summed E-state index contributed by atoms with van der Waals surface area (Å²) in [5.74, 6) is 0.710. The third-order valence-corrected chi connectivity index (χ3v) is 3.87. The van der Waals surface area contributed by atoms with Gasteiger partial charge in [0.1, 0.15) is 5.69 Å². The number of nitrogens with zero attached hydrogens (tertiary/aromatic N) is 4. The molecule has 110 valence electrons. The first-order chi connectivity index (χ1) is 9.52. The fourth-order valence-corrected chi connectivity index (χ4v) is 2.63. The first-order valence-electron chi connectivity index (χ1n) is 6.45. The molecule has 0 aliphatic rings. The van der Waals surface area contributed by atoms with Crippen molar-refractivity contribution < 1.29 is 4.74 Å². The Morgan fingerprint density at radius 2 is 2.25 bits per heavy atom. The number of nitrogens with two attached hydrogens (primary N) is 1. The first kappa shape index (κ1) is 15.0. The van der Waals surface area contributed by atoms with E-state index in [-0.39, 0.29) is 6.04 Å². The molecule has 0 aliphatic carbocycles. The lowest BCUT2D eigenvalue weighted by atomic mass is 10.1. The van der Waals surface area contributed by atoms with Crippen molar-refractivity contribution in [1.82, 2.24) is 19.7 Å². The molecule has 6 nitrogen and oxygen atoms in total. The highest BCUT2D eigenvalue weighted by Crippen LogP contribution is 2.28. The van der Waals surface area contributed by atoms with Gasteiger partial charge < -0.3 is 15.4 Å². The monoisotopic (exact) mass is 295 g/mol. The van der Waals surface area contributed by atoms with Gasteiger partial charge in [0.15, 0.2) is 5.75 Å².